The van der Waals surface area contributed by atoms with Crippen LogP contribution in [0.5, 0.6) is 0 Å². The largest absolute Gasteiger partial charge is 0 e. The molecular weight excluding hydrogens is 368 g/mol. The van der Waals surface area contributed by atoms with Gasteiger partial charge in [-0.2, -0.15) is 0 Å². The molecule has 0 aliphatic carbocycles. The van der Waals surface area contributed by atoms with Crippen molar-refractivity contribution in [2.24, 2.45) is 0 Å². The average molecular weight is 371 g/mol. The number of hydrogen-bond acceptors (Lipinski definition) is 2. The van der Waals surface area contributed by atoms with Crippen LogP contribution >= 0.6 is 0 Å². The summed E-state index contributed by atoms with van der Waals surface area (Å²) in [6, 6.07) is 0. The first-order valence-corrected chi connectivity index (χ1v) is 2.67. The molecule has 0 aliphatic rings. The van der Waals surface area contributed by atoms with Crippen LogP contribution in [0.3, 0.4) is 0 Å². The van der Waals surface area contributed by atoms with Crippen molar-refractivity contribution in [2.75, 3.05) is 0 Å². The molecule has 8 heteroatoms. The number of hydrogen-bond donors (Lipinski definition) is 2. The van der Waals surface area contributed by atoms with Crippen molar-refractivity contribution in [2.45, 2.75) is 0 Å². The van der Waals surface area contributed by atoms with Crippen LogP contribution in [0.25, 0.3) is 0 Å². The number of rotatable bonds is 0. The fourth-order valence-electron chi connectivity index (χ4n) is 0. The van der Waals surface area contributed by atoms with Crippen molar-refractivity contribution in [3.63, 3.8) is 0 Å². The van der Waals surface area contributed by atoms with Crippen molar-refractivity contribution in [1.82, 2.24) is 0 Å². The van der Waals surface area contributed by atoms with E-state index in [4.69, 9.17) is 16.0 Å². The van der Waals surface area contributed by atoms with Crippen LogP contribution in [0.15, 0.2) is 0 Å². The summed E-state index contributed by atoms with van der Waals surface area (Å²) in [5.74, 6) is 0. The summed E-state index contributed by atoms with van der Waals surface area (Å²) < 4.78 is 31.8. The van der Waals surface area contributed by atoms with E-state index in [-0.39, 0.29) is 57.8 Å². The van der Waals surface area contributed by atoms with Gasteiger partial charge in [0, 0.05) is 37.6 Å². The quantitative estimate of drug-likeness (QED) is 0.423. The smallest absolute Gasteiger partial charge is 0 e. The summed E-state index contributed by atoms with van der Waals surface area (Å²) in [6.07, 6.45) is 0. The third-order valence-corrected chi connectivity index (χ3v) is 0. The molecule has 0 amide bonds. The molecule has 0 rings (SSSR count). The molecule has 0 heterocycles. The van der Waals surface area contributed by atoms with Crippen LogP contribution in [0.2, 0.25) is 0 Å². The predicted octanol–water partition coefficient (Wildman–Crippen LogP) is -4.24. The molecule has 0 unspecified atom stereocenters. The van der Waals surface area contributed by atoms with E-state index in [1.165, 1.54) is 0 Å². The first kappa shape index (κ1) is 22.6. The molecule has 0 bridgehead atoms. The molecule has 0 spiro atoms. The van der Waals surface area contributed by atoms with Gasteiger partial charge in [-0.15, -0.1) is 0 Å². The Labute approximate surface area is 86.5 Å². The maximum Gasteiger partial charge on any atom is 0 e. The minimum absolute atomic E-state index is 0. The fraction of sp³-hybridized carbons (Fsp3) is 0. The zero-order valence-corrected chi connectivity index (χ0v) is 8.91. The molecule has 2 N–H and O–H groups in total. The molecule has 0 atom stereocenters. The van der Waals surface area contributed by atoms with Gasteiger partial charge in [-0.25, -0.2) is 0 Å². The minimum atomic E-state index is -5.12. The van der Waals surface area contributed by atoms with E-state index in [9.17, 15) is 0 Å². The Morgan fingerprint density at radius 1 is 1.25 bits per heavy atom. The molecule has 8 heavy (non-hydrogen) atoms. The van der Waals surface area contributed by atoms with Crippen LogP contribution in [0, 0.1) is 0 Å². The monoisotopic (exact) mass is 371 g/mol. The van der Waals surface area contributed by atoms with E-state index in [0.717, 1.165) is 0 Å². The maximum atomic E-state index is 8.80. The van der Waals surface area contributed by atoms with Gasteiger partial charge in [-0.1, -0.05) is 0 Å². The Hall–Kier alpha value is 1.82. The second kappa shape index (κ2) is 8.82. The van der Waals surface area contributed by atoms with Crippen molar-refractivity contribution >= 4 is 0 Å². The van der Waals surface area contributed by atoms with E-state index >= 15 is 0 Å². The Balaban J connectivity index is -0.0000000133. The maximum absolute atomic E-state index is 8.80. The molecule has 0 aromatic carbocycles. The van der Waals surface area contributed by atoms with Gasteiger partial charge in [0.1, 0.15) is 0 Å². The van der Waals surface area contributed by atoms with E-state index in [1.807, 2.05) is 0 Å². The molecule has 0 saturated carbocycles. The Kier molecular flexibility index (Phi) is 24.9. The molecule has 51 valence electrons. The first-order chi connectivity index (χ1) is 2.00. The molecule has 0 fully saturated rings. The van der Waals surface area contributed by atoms with E-state index in [1.54, 1.807) is 0 Å². The van der Waals surface area contributed by atoms with Crippen LogP contribution in [-0.4, -0.2) is 8.38 Å². The summed E-state index contributed by atoms with van der Waals surface area (Å²) in [5, 5.41) is 0. The molecule has 0 radical (unpaired) electrons. The summed E-state index contributed by atoms with van der Waals surface area (Å²) in [4.78, 5) is 0. The summed E-state index contributed by atoms with van der Waals surface area (Å²) in [5.41, 5.74) is 0. The second-order valence-electron chi connectivity index (χ2n) is 0.415. The van der Waals surface area contributed by atoms with Crippen LogP contribution in [0.4, 0.5) is 0 Å². The molecule has 0 aromatic rings. The molecular formula is H3LiMnNiO4W. The zero-order chi connectivity index (χ0) is 4.50. The minimum Gasteiger partial charge on any atom is 0 e. The van der Waals surface area contributed by atoms with Gasteiger partial charge in [-0.3, -0.25) is 0 Å². The van der Waals surface area contributed by atoms with Crippen LogP contribution in [-0.2, 0) is 58.6 Å². The van der Waals surface area contributed by atoms with Gasteiger partial charge >= 0.3 is 48.3 Å². The van der Waals surface area contributed by atoms with Crippen LogP contribution in [0.1, 0.15) is 1.43 Å². The summed E-state index contributed by atoms with van der Waals surface area (Å²) in [7, 11) is 0. The first-order valence-electron chi connectivity index (χ1n) is 0.647. The van der Waals surface area contributed by atoms with Gasteiger partial charge in [-0.05, 0) is 0 Å². The van der Waals surface area contributed by atoms with Gasteiger partial charge in [0.05, 0.1) is 0 Å². The van der Waals surface area contributed by atoms with Crippen molar-refractivity contribution in [3.05, 3.63) is 0 Å². The summed E-state index contributed by atoms with van der Waals surface area (Å²) in [6.45, 7) is 0. The predicted molar refractivity (Wildman–Crippen MR) is 6.92 cm³/mol. The van der Waals surface area contributed by atoms with E-state index < -0.39 is 13.4 Å². The van der Waals surface area contributed by atoms with Crippen molar-refractivity contribution in [3.8, 4) is 0 Å². The van der Waals surface area contributed by atoms with Crippen molar-refractivity contribution < 1.29 is 87.3 Å². The SMILES string of the molecule is [H-].[Li+].[Ni].[O]=[Mn](=[O])([OH])[OH].[W]. The van der Waals surface area contributed by atoms with Crippen LogP contribution < -0.4 is 18.9 Å². The topological polar surface area (TPSA) is 74.6 Å². The van der Waals surface area contributed by atoms with Gasteiger partial charge in [0.15, 0.2) is 0 Å². The van der Waals surface area contributed by atoms with Crippen molar-refractivity contribution in [1.29, 1.82) is 0 Å². The van der Waals surface area contributed by atoms with Gasteiger partial charge in [0.25, 0.3) is 0 Å². The van der Waals surface area contributed by atoms with Gasteiger partial charge in [0.2, 0.25) is 0 Å². The zero-order valence-electron chi connectivity index (χ0n) is 4.81. The fourth-order valence-corrected chi connectivity index (χ4v) is 0. The average Bonchev–Trinajstić information content (AvgIpc) is 0.722. The molecule has 0 aromatic heterocycles. The summed E-state index contributed by atoms with van der Waals surface area (Å²) >= 11 is -5.12. The van der Waals surface area contributed by atoms with E-state index in [2.05, 4.69) is 0 Å². The van der Waals surface area contributed by atoms with Gasteiger partial charge < -0.3 is 1.43 Å². The van der Waals surface area contributed by atoms with E-state index in [0.29, 0.717) is 0 Å². The Morgan fingerprint density at radius 2 is 1.25 bits per heavy atom. The Bertz CT molecular complexity index is 104. The second-order valence-corrected chi connectivity index (χ2v) is 1.71. The normalized spacial score (nSPS) is 7.25. The third kappa shape index (κ3) is 110. The standard InChI is InChI=1S/Li.Mn.Ni.2H2O.2O.W.H/h;;;2*1H2;;;;/q+1;+2;;;;;;;-1/p-2. The molecule has 0 saturated heterocycles. The molecule has 0 aliphatic heterocycles. The Morgan fingerprint density at radius 3 is 1.25 bits per heavy atom. The third-order valence-electron chi connectivity index (χ3n) is 0. The molecule has 4 nitrogen and oxygen atoms in total.